The van der Waals surface area contributed by atoms with E-state index in [1.54, 1.807) is 0 Å². The minimum atomic E-state index is 0.497. The highest BCUT2D eigenvalue weighted by Gasteiger charge is 2.15. The van der Waals surface area contributed by atoms with Gasteiger partial charge in [0.2, 0.25) is 0 Å². The molecule has 0 saturated carbocycles. The van der Waals surface area contributed by atoms with Gasteiger partial charge in [0.05, 0.1) is 11.9 Å². The lowest BCUT2D eigenvalue weighted by molar-refractivity contribution is 0.567. The fraction of sp³-hybridized carbons (Fsp3) is 0.667. The third kappa shape index (κ3) is 4.30. The first kappa shape index (κ1) is 15.0. The summed E-state index contributed by atoms with van der Waals surface area (Å²) in [4.78, 5) is 6.74. The molecule has 1 aromatic rings. The molecule has 102 valence electrons. The largest absolute Gasteiger partial charge is 0.367 e. The normalized spacial score (nSPS) is 11.3. The molecule has 0 amide bonds. The number of nitrogens with zero attached hydrogens (tertiary/aromatic N) is 2. The molecule has 0 unspecified atom stereocenters. The molecule has 3 heteroatoms. The van der Waals surface area contributed by atoms with Crippen molar-refractivity contribution in [3.05, 3.63) is 24.0 Å². The van der Waals surface area contributed by atoms with Crippen LogP contribution >= 0.6 is 0 Å². The van der Waals surface area contributed by atoms with Gasteiger partial charge in [0.1, 0.15) is 0 Å². The Hall–Kier alpha value is -1.09. The van der Waals surface area contributed by atoms with E-state index in [9.17, 15) is 0 Å². The van der Waals surface area contributed by atoms with Crippen LogP contribution < -0.4 is 10.2 Å². The number of hydrogen-bond acceptors (Lipinski definition) is 3. The van der Waals surface area contributed by atoms with Crippen LogP contribution in [0.1, 0.15) is 40.2 Å². The Morgan fingerprint density at radius 1 is 1.28 bits per heavy atom. The summed E-state index contributed by atoms with van der Waals surface area (Å²) in [5, 5.41) is 3.40. The Morgan fingerprint density at radius 2 is 2.00 bits per heavy atom. The van der Waals surface area contributed by atoms with Crippen molar-refractivity contribution in [1.29, 1.82) is 0 Å². The molecule has 0 atom stereocenters. The molecule has 0 aromatic carbocycles. The zero-order chi connectivity index (χ0) is 13.5. The number of aromatic nitrogens is 1. The molecule has 0 fully saturated rings. The molecule has 0 saturated heterocycles. The lowest BCUT2D eigenvalue weighted by Crippen LogP contribution is -2.35. The second-order valence-corrected chi connectivity index (χ2v) is 5.42. The molecule has 1 heterocycles. The summed E-state index contributed by atoms with van der Waals surface area (Å²) in [5.41, 5.74) is 2.60. The number of pyridine rings is 1. The third-order valence-electron chi connectivity index (χ3n) is 2.95. The summed E-state index contributed by atoms with van der Waals surface area (Å²) in [6.45, 7) is 14.1. The monoisotopic (exact) mass is 249 g/mol. The van der Waals surface area contributed by atoms with Crippen LogP contribution in [0.25, 0.3) is 0 Å². The smallest absolute Gasteiger partial charge is 0.0600 e. The maximum atomic E-state index is 4.29. The lowest BCUT2D eigenvalue weighted by atomic mass is 10.1. The zero-order valence-corrected chi connectivity index (χ0v) is 12.4. The highest BCUT2D eigenvalue weighted by molar-refractivity contribution is 5.52. The molecular formula is C15H27N3. The van der Waals surface area contributed by atoms with E-state index in [2.05, 4.69) is 55.9 Å². The van der Waals surface area contributed by atoms with Crippen molar-refractivity contribution < 1.29 is 0 Å². The van der Waals surface area contributed by atoms with E-state index in [-0.39, 0.29) is 0 Å². The number of nitrogens with one attached hydrogen (secondary N) is 1. The Kier molecular flexibility index (Phi) is 6.13. The summed E-state index contributed by atoms with van der Waals surface area (Å²) in [6.07, 6.45) is 3.87. The molecule has 1 aromatic heterocycles. The molecule has 0 radical (unpaired) electrons. The van der Waals surface area contributed by atoms with Crippen molar-refractivity contribution in [2.45, 2.75) is 47.2 Å². The molecule has 0 bridgehead atoms. The van der Waals surface area contributed by atoms with Gasteiger partial charge < -0.3 is 10.2 Å². The maximum Gasteiger partial charge on any atom is 0.0600 e. The van der Waals surface area contributed by atoms with E-state index in [0.29, 0.717) is 12.0 Å². The summed E-state index contributed by atoms with van der Waals surface area (Å²) in [6, 6.07) is 2.62. The Labute approximate surface area is 112 Å². The predicted molar refractivity (Wildman–Crippen MR) is 78.9 cm³/mol. The van der Waals surface area contributed by atoms with Crippen molar-refractivity contribution in [2.75, 3.05) is 18.0 Å². The Balaban J connectivity index is 2.95. The summed E-state index contributed by atoms with van der Waals surface area (Å²) in [5.74, 6) is 0.652. The van der Waals surface area contributed by atoms with E-state index < -0.39 is 0 Å². The first-order chi connectivity index (χ1) is 8.56. The number of hydrogen-bond donors (Lipinski definition) is 1. The molecule has 1 N–H and O–H groups in total. The first-order valence-corrected chi connectivity index (χ1v) is 6.96. The van der Waals surface area contributed by atoms with Gasteiger partial charge in [-0.15, -0.1) is 0 Å². The highest BCUT2D eigenvalue weighted by atomic mass is 15.2. The summed E-state index contributed by atoms with van der Waals surface area (Å²) >= 11 is 0. The van der Waals surface area contributed by atoms with Gasteiger partial charge in [0.15, 0.2) is 0 Å². The Bertz CT molecular complexity index is 347. The fourth-order valence-corrected chi connectivity index (χ4v) is 2.06. The second-order valence-electron chi connectivity index (χ2n) is 5.42. The second kappa shape index (κ2) is 7.37. The molecule has 0 aliphatic heterocycles. The Morgan fingerprint density at radius 3 is 2.56 bits per heavy atom. The minimum absolute atomic E-state index is 0.497. The van der Waals surface area contributed by atoms with Crippen LogP contribution in [0.2, 0.25) is 0 Å². The molecule has 0 aliphatic rings. The van der Waals surface area contributed by atoms with Crippen LogP contribution in [-0.4, -0.2) is 24.1 Å². The van der Waals surface area contributed by atoms with Gasteiger partial charge >= 0.3 is 0 Å². The molecule has 18 heavy (non-hydrogen) atoms. The van der Waals surface area contributed by atoms with Crippen LogP contribution in [0.5, 0.6) is 0 Å². The van der Waals surface area contributed by atoms with E-state index in [4.69, 9.17) is 0 Å². The van der Waals surface area contributed by atoms with Gasteiger partial charge in [-0.2, -0.15) is 0 Å². The molecular weight excluding hydrogens is 222 g/mol. The SMILES string of the molecule is CCNCc1ccncc1N(CC(C)C)C(C)C. The van der Waals surface area contributed by atoms with Crippen molar-refractivity contribution in [3.63, 3.8) is 0 Å². The molecule has 0 aliphatic carbocycles. The van der Waals surface area contributed by atoms with Crippen LogP contribution in [0, 0.1) is 5.92 Å². The van der Waals surface area contributed by atoms with Gasteiger partial charge in [0, 0.05) is 25.3 Å². The van der Waals surface area contributed by atoms with Crippen LogP contribution in [0.4, 0.5) is 5.69 Å². The van der Waals surface area contributed by atoms with Crippen LogP contribution in [0.15, 0.2) is 18.5 Å². The molecule has 3 nitrogen and oxygen atoms in total. The summed E-state index contributed by atoms with van der Waals surface area (Å²) < 4.78 is 0. The van der Waals surface area contributed by atoms with E-state index in [0.717, 1.165) is 19.6 Å². The van der Waals surface area contributed by atoms with Gasteiger partial charge in [-0.3, -0.25) is 4.98 Å². The lowest BCUT2D eigenvalue weighted by Gasteiger charge is -2.32. The standard InChI is InChI=1S/C15H27N3/c1-6-16-9-14-7-8-17-10-15(14)18(13(4)5)11-12(2)3/h7-8,10,12-13,16H,6,9,11H2,1-5H3. The third-order valence-corrected chi connectivity index (χ3v) is 2.95. The van der Waals surface area contributed by atoms with E-state index in [1.807, 2.05) is 12.4 Å². The molecule has 0 spiro atoms. The van der Waals surface area contributed by atoms with Gasteiger partial charge in [-0.1, -0.05) is 20.8 Å². The quantitative estimate of drug-likeness (QED) is 0.805. The highest BCUT2D eigenvalue weighted by Crippen LogP contribution is 2.22. The van der Waals surface area contributed by atoms with Crippen LogP contribution in [0.3, 0.4) is 0 Å². The van der Waals surface area contributed by atoms with Crippen LogP contribution in [-0.2, 0) is 6.54 Å². The maximum absolute atomic E-state index is 4.29. The van der Waals surface area contributed by atoms with Gasteiger partial charge in [-0.05, 0) is 37.9 Å². The van der Waals surface area contributed by atoms with Crippen molar-refractivity contribution >= 4 is 5.69 Å². The average Bonchev–Trinajstić information content (AvgIpc) is 2.33. The minimum Gasteiger partial charge on any atom is -0.367 e. The molecule has 1 rings (SSSR count). The average molecular weight is 249 g/mol. The fourth-order valence-electron chi connectivity index (χ4n) is 2.06. The number of rotatable bonds is 7. The number of anilines is 1. The zero-order valence-electron chi connectivity index (χ0n) is 12.4. The van der Waals surface area contributed by atoms with Gasteiger partial charge in [0.25, 0.3) is 0 Å². The van der Waals surface area contributed by atoms with Gasteiger partial charge in [-0.25, -0.2) is 0 Å². The topological polar surface area (TPSA) is 28.2 Å². The van der Waals surface area contributed by atoms with E-state index >= 15 is 0 Å². The van der Waals surface area contributed by atoms with Crippen molar-refractivity contribution in [1.82, 2.24) is 10.3 Å². The van der Waals surface area contributed by atoms with Crippen molar-refractivity contribution in [2.24, 2.45) is 5.92 Å². The first-order valence-electron chi connectivity index (χ1n) is 6.96. The predicted octanol–water partition coefficient (Wildman–Crippen LogP) is 3.06. The van der Waals surface area contributed by atoms with E-state index in [1.165, 1.54) is 11.3 Å². The van der Waals surface area contributed by atoms with Crippen molar-refractivity contribution in [3.8, 4) is 0 Å². The summed E-state index contributed by atoms with van der Waals surface area (Å²) in [7, 11) is 0.